The second-order valence-corrected chi connectivity index (χ2v) is 6.31. The highest BCUT2D eigenvalue weighted by Crippen LogP contribution is 2.18. The first-order chi connectivity index (χ1) is 14.8. The van der Waals surface area contributed by atoms with Crippen molar-refractivity contribution in [1.29, 1.82) is 0 Å². The number of nitrogens with zero attached hydrogens (tertiary/aromatic N) is 4. The van der Waals surface area contributed by atoms with Gasteiger partial charge in [-0.2, -0.15) is 4.98 Å². The quantitative estimate of drug-likeness (QED) is 0.303. The lowest BCUT2D eigenvalue weighted by Gasteiger charge is -2.12. The molecule has 156 valence electrons. The molecule has 2 heterocycles. The predicted octanol–water partition coefficient (Wildman–Crippen LogP) is 2.99. The van der Waals surface area contributed by atoms with E-state index in [1.54, 1.807) is 12.3 Å². The molecule has 8 heteroatoms. The maximum absolute atomic E-state index is 5.70. The number of nitrogens with one attached hydrogen (secondary N) is 2. The number of hydrogen-bond donors (Lipinski definition) is 2. The molecule has 0 spiro atoms. The van der Waals surface area contributed by atoms with E-state index in [1.165, 1.54) is 0 Å². The van der Waals surface area contributed by atoms with Crippen LogP contribution >= 0.6 is 0 Å². The first kappa shape index (κ1) is 21.0. The maximum Gasteiger partial charge on any atom is 0.276 e. The Bertz CT molecular complexity index is 955. The van der Waals surface area contributed by atoms with Crippen molar-refractivity contribution in [3.8, 4) is 17.3 Å². The van der Waals surface area contributed by atoms with E-state index >= 15 is 0 Å². The van der Waals surface area contributed by atoms with Gasteiger partial charge in [0.25, 0.3) is 5.89 Å². The second kappa shape index (κ2) is 11.4. The standard InChI is InChI=1S/C22H26N6O2/c1-3-15-29-19-11-6-5-9-17(19)16-26-22(23-4-2)25-14-12-20-27-21(30-28-20)18-10-7-8-13-24-18/h3,5-11,13H,1,4,12,14-16H2,2H3,(H2,23,25,26). The molecule has 0 aliphatic heterocycles. The third-order valence-electron chi connectivity index (χ3n) is 4.07. The first-order valence-electron chi connectivity index (χ1n) is 9.88. The summed E-state index contributed by atoms with van der Waals surface area (Å²) >= 11 is 0. The molecule has 3 rings (SSSR count). The van der Waals surface area contributed by atoms with E-state index in [0.29, 0.717) is 49.5 Å². The number of guanidine groups is 1. The summed E-state index contributed by atoms with van der Waals surface area (Å²) in [6.45, 7) is 8.04. The van der Waals surface area contributed by atoms with Crippen LogP contribution < -0.4 is 15.4 Å². The summed E-state index contributed by atoms with van der Waals surface area (Å²) in [7, 11) is 0. The van der Waals surface area contributed by atoms with Crippen molar-refractivity contribution in [3.63, 3.8) is 0 Å². The van der Waals surface area contributed by atoms with Crippen LogP contribution in [0.4, 0.5) is 0 Å². The number of aromatic nitrogens is 3. The minimum absolute atomic E-state index is 0.419. The summed E-state index contributed by atoms with van der Waals surface area (Å²) in [6, 6.07) is 13.4. The summed E-state index contributed by atoms with van der Waals surface area (Å²) in [4.78, 5) is 13.3. The van der Waals surface area contributed by atoms with Crippen LogP contribution in [-0.2, 0) is 13.0 Å². The van der Waals surface area contributed by atoms with Crippen LogP contribution in [0.15, 0.2) is 70.8 Å². The Kier molecular flexibility index (Phi) is 7.96. The molecule has 1 aromatic carbocycles. The third kappa shape index (κ3) is 6.16. The van der Waals surface area contributed by atoms with Crippen LogP contribution in [0.5, 0.6) is 5.75 Å². The fourth-order valence-corrected chi connectivity index (χ4v) is 2.67. The van der Waals surface area contributed by atoms with Gasteiger partial charge in [0.2, 0.25) is 0 Å². The average molecular weight is 406 g/mol. The Balaban J connectivity index is 1.56. The maximum atomic E-state index is 5.70. The molecular formula is C22H26N6O2. The number of ether oxygens (including phenoxy) is 1. The fraction of sp³-hybridized carbons (Fsp3) is 0.273. The fourth-order valence-electron chi connectivity index (χ4n) is 2.67. The lowest BCUT2D eigenvalue weighted by atomic mass is 10.2. The van der Waals surface area contributed by atoms with Crippen molar-refractivity contribution in [2.75, 3.05) is 19.7 Å². The largest absolute Gasteiger partial charge is 0.489 e. The van der Waals surface area contributed by atoms with Crippen LogP contribution in [0.2, 0.25) is 0 Å². The van der Waals surface area contributed by atoms with Crippen molar-refractivity contribution in [3.05, 3.63) is 72.7 Å². The molecule has 2 N–H and O–H groups in total. The molecule has 3 aromatic rings. The van der Waals surface area contributed by atoms with E-state index in [1.807, 2.05) is 49.4 Å². The van der Waals surface area contributed by atoms with Crippen LogP contribution in [0.3, 0.4) is 0 Å². The van der Waals surface area contributed by atoms with E-state index in [2.05, 4.69) is 37.3 Å². The lowest BCUT2D eigenvalue weighted by molar-refractivity contribution is 0.359. The van der Waals surface area contributed by atoms with E-state index in [0.717, 1.165) is 17.9 Å². The van der Waals surface area contributed by atoms with E-state index in [4.69, 9.17) is 9.26 Å². The van der Waals surface area contributed by atoms with Crippen molar-refractivity contribution >= 4 is 5.96 Å². The Labute approximate surface area is 176 Å². The normalized spacial score (nSPS) is 11.2. The number of benzene rings is 1. The first-order valence-corrected chi connectivity index (χ1v) is 9.88. The Morgan fingerprint density at radius 1 is 1.20 bits per heavy atom. The Hall–Kier alpha value is -3.68. The van der Waals surface area contributed by atoms with Crippen molar-refractivity contribution in [2.45, 2.75) is 19.9 Å². The SMILES string of the molecule is C=CCOc1ccccc1CN=C(NCC)NCCc1noc(-c2ccccn2)n1. The van der Waals surface area contributed by atoms with Crippen LogP contribution in [0.25, 0.3) is 11.6 Å². The van der Waals surface area contributed by atoms with Crippen LogP contribution in [0, 0.1) is 0 Å². The summed E-state index contributed by atoms with van der Waals surface area (Å²) in [5.41, 5.74) is 1.67. The van der Waals surface area contributed by atoms with Gasteiger partial charge in [-0.25, -0.2) is 4.99 Å². The Morgan fingerprint density at radius 3 is 2.87 bits per heavy atom. The molecular weight excluding hydrogens is 380 g/mol. The third-order valence-corrected chi connectivity index (χ3v) is 4.07. The molecule has 8 nitrogen and oxygen atoms in total. The van der Waals surface area contributed by atoms with Crippen LogP contribution in [-0.4, -0.2) is 40.8 Å². The van der Waals surface area contributed by atoms with Crippen molar-refractivity contribution in [1.82, 2.24) is 25.8 Å². The minimum atomic E-state index is 0.419. The lowest BCUT2D eigenvalue weighted by Crippen LogP contribution is -2.38. The number of pyridine rings is 1. The zero-order valence-electron chi connectivity index (χ0n) is 17.0. The zero-order valence-corrected chi connectivity index (χ0v) is 17.0. The molecule has 0 fully saturated rings. The molecule has 0 aliphatic carbocycles. The topological polar surface area (TPSA) is 97.5 Å². The van der Waals surface area contributed by atoms with E-state index in [9.17, 15) is 0 Å². The van der Waals surface area contributed by atoms with Gasteiger partial charge in [0.15, 0.2) is 11.8 Å². The predicted molar refractivity (Wildman–Crippen MR) is 116 cm³/mol. The van der Waals surface area contributed by atoms with Gasteiger partial charge in [-0.1, -0.05) is 42.1 Å². The van der Waals surface area contributed by atoms with Gasteiger partial charge in [-0.15, -0.1) is 0 Å². The molecule has 0 unspecified atom stereocenters. The van der Waals surface area contributed by atoms with Gasteiger partial charge in [-0.3, -0.25) is 4.98 Å². The molecule has 0 saturated heterocycles. The van der Waals surface area contributed by atoms with Crippen LogP contribution in [0.1, 0.15) is 18.3 Å². The van der Waals surface area contributed by atoms with E-state index < -0.39 is 0 Å². The molecule has 0 atom stereocenters. The van der Waals surface area contributed by atoms with E-state index in [-0.39, 0.29) is 0 Å². The van der Waals surface area contributed by atoms with Gasteiger partial charge in [0.05, 0.1) is 6.54 Å². The second-order valence-electron chi connectivity index (χ2n) is 6.31. The number of para-hydroxylation sites is 1. The van der Waals surface area contributed by atoms with Crippen molar-refractivity contribution in [2.24, 2.45) is 4.99 Å². The smallest absolute Gasteiger partial charge is 0.276 e. The molecule has 0 aliphatic rings. The highest BCUT2D eigenvalue weighted by atomic mass is 16.5. The molecule has 30 heavy (non-hydrogen) atoms. The van der Waals surface area contributed by atoms with Crippen molar-refractivity contribution < 1.29 is 9.26 Å². The van der Waals surface area contributed by atoms with Gasteiger partial charge < -0.3 is 19.9 Å². The summed E-state index contributed by atoms with van der Waals surface area (Å²) in [6.07, 6.45) is 4.02. The molecule has 2 aromatic heterocycles. The highest BCUT2D eigenvalue weighted by Gasteiger charge is 2.09. The Morgan fingerprint density at radius 2 is 2.07 bits per heavy atom. The monoisotopic (exact) mass is 406 g/mol. The van der Waals surface area contributed by atoms with Gasteiger partial charge in [-0.05, 0) is 25.1 Å². The highest BCUT2D eigenvalue weighted by molar-refractivity contribution is 5.79. The van der Waals surface area contributed by atoms with Gasteiger partial charge in [0, 0.05) is 31.3 Å². The summed E-state index contributed by atoms with van der Waals surface area (Å²) in [5, 5.41) is 10.6. The molecule has 0 saturated carbocycles. The number of aliphatic imine (C=N–C) groups is 1. The molecule has 0 radical (unpaired) electrons. The molecule has 0 bridgehead atoms. The van der Waals surface area contributed by atoms with Gasteiger partial charge in [0.1, 0.15) is 18.1 Å². The summed E-state index contributed by atoms with van der Waals surface area (Å²) in [5.74, 6) is 2.56. The number of hydrogen-bond acceptors (Lipinski definition) is 6. The number of rotatable bonds is 10. The van der Waals surface area contributed by atoms with Gasteiger partial charge >= 0.3 is 0 Å². The zero-order chi connectivity index (χ0) is 21.0. The minimum Gasteiger partial charge on any atom is -0.489 e. The average Bonchev–Trinajstić information content (AvgIpc) is 3.26. The summed E-state index contributed by atoms with van der Waals surface area (Å²) < 4.78 is 11.0. The molecule has 0 amide bonds.